The van der Waals surface area contributed by atoms with Crippen LogP contribution < -0.4 is 0 Å². The summed E-state index contributed by atoms with van der Waals surface area (Å²) < 4.78 is 10.9. The first-order valence-corrected chi connectivity index (χ1v) is 6.63. The lowest BCUT2D eigenvalue weighted by atomic mass is 9.85. The number of carbonyl (C=O) groups is 1. The van der Waals surface area contributed by atoms with E-state index in [-0.39, 0.29) is 5.76 Å². The van der Waals surface area contributed by atoms with Gasteiger partial charge in [-0.25, -0.2) is 4.79 Å². The zero-order chi connectivity index (χ0) is 13.8. The van der Waals surface area contributed by atoms with Gasteiger partial charge in [0.05, 0.1) is 13.2 Å². The zero-order valence-corrected chi connectivity index (χ0v) is 11.4. The summed E-state index contributed by atoms with van der Waals surface area (Å²) in [5, 5.41) is 8.84. The smallest absolute Gasteiger partial charge is 0.371 e. The molecule has 4 nitrogen and oxygen atoms in total. The fourth-order valence-corrected chi connectivity index (χ4v) is 2.33. The Hall–Kier alpha value is -1.55. The predicted octanol–water partition coefficient (Wildman–Crippen LogP) is 3.41. The number of carboxylic acid groups (broad SMARTS) is 1. The normalized spacial score (nSPS) is 22.6. The first-order valence-electron chi connectivity index (χ1n) is 6.63. The van der Waals surface area contributed by atoms with E-state index in [2.05, 4.69) is 19.1 Å². The van der Waals surface area contributed by atoms with E-state index in [0.717, 1.165) is 18.4 Å². The Kier molecular flexibility index (Phi) is 4.43. The third kappa shape index (κ3) is 3.47. The molecule has 2 unspecified atom stereocenters. The molecule has 2 rings (SSSR count). The van der Waals surface area contributed by atoms with Crippen molar-refractivity contribution in [2.75, 3.05) is 6.61 Å². The molecule has 0 aliphatic heterocycles. The molecule has 104 valence electrons. The van der Waals surface area contributed by atoms with Gasteiger partial charge in [0.25, 0.3) is 0 Å². The van der Waals surface area contributed by atoms with E-state index in [4.69, 9.17) is 14.3 Å². The van der Waals surface area contributed by atoms with Crippen LogP contribution >= 0.6 is 0 Å². The van der Waals surface area contributed by atoms with E-state index in [9.17, 15) is 4.79 Å². The van der Waals surface area contributed by atoms with Crippen LogP contribution in [0.4, 0.5) is 0 Å². The summed E-state index contributed by atoms with van der Waals surface area (Å²) in [7, 11) is 0. The van der Waals surface area contributed by atoms with Gasteiger partial charge in [-0.1, -0.05) is 19.1 Å². The number of aromatic carboxylic acids is 1. The van der Waals surface area contributed by atoms with Gasteiger partial charge in [0.2, 0.25) is 5.76 Å². The van der Waals surface area contributed by atoms with E-state index < -0.39 is 5.97 Å². The third-order valence-electron chi connectivity index (χ3n) is 3.74. The highest BCUT2D eigenvalue weighted by atomic mass is 16.5. The standard InChI is InChI=1S/C15H20O4/c1-10-5-3-4-6-12(10)8-18-9-13-7-14(15(16)17)19-11(13)2/h3-4,7,10,12H,5-6,8-9H2,1-2H3,(H,16,17). The van der Waals surface area contributed by atoms with Crippen LogP contribution in [0.3, 0.4) is 0 Å². The Morgan fingerprint density at radius 3 is 2.84 bits per heavy atom. The molecular weight excluding hydrogens is 244 g/mol. The van der Waals surface area contributed by atoms with E-state index in [1.165, 1.54) is 0 Å². The van der Waals surface area contributed by atoms with Gasteiger partial charge in [0.15, 0.2) is 0 Å². The van der Waals surface area contributed by atoms with Crippen LogP contribution in [0.2, 0.25) is 0 Å². The van der Waals surface area contributed by atoms with Gasteiger partial charge in [-0.05, 0) is 37.7 Å². The van der Waals surface area contributed by atoms with Crippen molar-refractivity contribution in [3.05, 3.63) is 35.3 Å². The highest BCUT2D eigenvalue weighted by Crippen LogP contribution is 2.25. The van der Waals surface area contributed by atoms with Crippen molar-refractivity contribution in [2.45, 2.75) is 33.3 Å². The van der Waals surface area contributed by atoms with Crippen molar-refractivity contribution >= 4 is 5.97 Å². The topological polar surface area (TPSA) is 59.7 Å². The highest BCUT2D eigenvalue weighted by molar-refractivity contribution is 5.84. The SMILES string of the molecule is Cc1oc(C(=O)O)cc1COCC1CC=CCC1C. The van der Waals surface area contributed by atoms with Crippen LogP contribution in [0.15, 0.2) is 22.6 Å². The number of hydrogen-bond donors (Lipinski definition) is 1. The molecule has 1 aromatic rings. The Morgan fingerprint density at radius 2 is 2.21 bits per heavy atom. The van der Waals surface area contributed by atoms with Crippen molar-refractivity contribution in [1.82, 2.24) is 0 Å². The van der Waals surface area contributed by atoms with Crippen molar-refractivity contribution in [3.8, 4) is 0 Å². The first-order chi connectivity index (χ1) is 9.08. The Morgan fingerprint density at radius 1 is 1.47 bits per heavy atom. The van der Waals surface area contributed by atoms with Crippen molar-refractivity contribution in [1.29, 1.82) is 0 Å². The average Bonchev–Trinajstić information content (AvgIpc) is 2.74. The lowest BCUT2D eigenvalue weighted by molar-refractivity contribution is 0.0659. The minimum absolute atomic E-state index is 0.0231. The lowest BCUT2D eigenvalue weighted by Gasteiger charge is -2.24. The molecule has 1 aliphatic carbocycles. The van der Waals surface area contributed by atoms with E-state index >= 15 is 0 Å². The van der Waals surface area contributed by atoms with Crippen LogP contribution in [-0.2, 0) is 11.3 Å². The number of carboxylic acids is 1. The molecule has 1 heterocycles. The van der Waals surface area contributed by atoms with Gasteiger partial charge in [-0.3, -0.25) is 0 Å². The minimum Gasteiger partial charge on any atom is -0.475 e. The quantitative estimate of drug-likeness (QED) is 0.828. The number of hydrogen-bond acceptors (Lipinski definition) is 3. The van der Waals surface area contributed by atoms with Gasteiger partial charge in [0, 0.05) is 5.56 Å². The number of aryl methyl sites for hydroxylation is 1. The second kappa shape index (κ2) is 6.06. The number of rotatable bonds is 5. The molecule has 0 fully saturated rings. The van der Waals surface area contributed by atoms with Crippen LogP contribution in [0.5, 0.6) is 0 Å². The largest absolute Gasteiger partial charge is 0.475 e. The summed E-state index contributed by atoms with van der Waals surface area (Å²) in [5.74, 6) is 0.751. The van der Waals surface area contributed by atoms with Gasteiger partial charge in [-0.15, -0.1) is 0 Å². The van der Waals surface area contributed by atoms with Crippen LogP contribution in [0.25, 0.3) is 0 Å². The molecule has 1 aromatic heterocycles. The van der Waals surface area contributed by atoms with Crippen molar-refractivity contribution in [2.24, 2.45) is 11.8 Å². The molecule has 0 amide bonds. The summed E-state index contributed by atoms with van der Waals surface area (Å²) in [6.07, 6.45) is 6.61. The molecule has 19 heavy (non-hydrogen) atoms. The monoisotopic (exact) mass is 264 g/mol. The second-order valence-electron chi connectivity index (χ2n) is 5.19. The fourth-order valence-electron chi connectivity index (χ4n) is 2.33. The number of furan rings is 1. The van der Waals surface area contributed by atoms with Crippen LogP contribution in [-0.4, -0.2) is 17.7 Å². The molecule has 0 saturated carbocycles. The summed E-state index contributed by atoms with van der Waals surface area (Å²) in [5.41, 5.74) is 0.816. The molecule has 1 N–H and O–H groups in total. The van der Waals surface area contributed by atoms with Crippen molar-refractivity contribution in [3.63, 3.8) is 0 Å². The van der Waals surface area contributed by atoms with Gasteiger partial charge >= 0.3 is 5.97 Å². The van der Waals surface area contributed by atoms with Gasteiger partial charge in [-0.2, -0.15) is 0 Å². The van der Waals surface area contributed by atoms with Gasteiger partial charge < -0.3 is 14.3 Å². The molecule has 0 spiro atoms. The molecule has 0 bridgehead atoms. The second-order valence-corrected chi connectivity index (χ2v) is 5.19. The zero-order valence-electron chi connectivity index (χ0n) is 11.4. The number of ether oxygens (including phenoxy) is 1. The Bertz CT molecular complexity index is 472. The molecule has 4 heteroatoms. The maximum Gasteiger partial charge on any atom is 0.371 e. The fraction of sp³-hybridized carbons (Fsp3) is 0.533. The van der Waals surface area contributed by atoms with E-state index in [1.54, 1.807) is 13.0 Å². The first kappa shape index (κ1) is 13.9. The molecule has 0 radical (unpaired) electrons. The maximum atomic E-state index is 10.8. The molecule has 2 atom stereocenters. The third-order valence-corrected chi connectivity index (χ3v) is 3.74. The summed E-state index contributed by atoms with van der Waals surface area (Å²) in [6.45, 7) is 5.12. The van der Waals surface area contributed by atoms with E-state index in [1.807, 2.05) is 0 Å². The highest BCUT2D eigenvalue weighted by Gasteiger charge is 2.19. The molecular formula is C15H20O4. The van der Waals surface area contributed by atoms with Gasteiger partial charge in [0.1, 0.15) is 5.76 Å². The summed E-state index contributed by atoms with van der Waals surface area (Å²) in [4.78, 5) is 10.8. The van der Waals surface area contributed by atoms with E-state index in [0.29, 0.717) is 30.8 Å². The van der Waals surface area contributed by atoms with Crippen molar-refractivity contribution < 1.29 is 19.1 Å². The summed E-state index contributed by atoms with van der Waals surface area (Å²) in [6, 6.07) is 1.54. The van der Waals surface area contributed by atoms with Crippen LogP contribution in [0, 0.1) is 18.8 Å². The molecule has 0 aromatic carbocycles. The Balaban J connectivity index is 1.85. The molecule has 0 saturated heterocycles. The predicted molar refractivity (Wildman–Crippen MR) is 71.1 cm³/mol. The lowest BCUT2D eigenvalue weighted by Crippen LogP contribution is -2.19. The number of allylic oxidation sites excluding steroid dienone is 2. The molecule has 1 aliphatic rings. The van der Waals surface area contributed by atoms with Crippen LogP contribution in [0.1, 0.15) is 41.6 Å². The minimum atomic E-state index is -1.04. The Labute approximate surface area is 113 Å². The average molecular weight is 264 g/mol. The maximum absolute atomic E-state index is 10.8. The summed E-state index contributed by atoms with van der Waals surface area (Å²) >= 11 is 0.